The second-order valence-electron chi connectivity index (χ2n) is 9.33. The summed E-state index contributed by atoms with van der Waals surface area (Å²) in [7, 11) is 0. The molecule has 38 heavy (non-hydrogen) atoms. The first-order chi connectivity index (χ1) is 17.4. The Morgan fingerprint density at radius 2 is 1.42 bits per heavy atom. The predicted octanol–water partition coefficient (Wildman–Crippen LogP) is 2.13. The number of rotatable bonds is 2. The van der Waals surface area contributed by atoms with Gasteiger partial charge >= 0.3 is 70.8 Å². The van der Waals surface area contributed by atoms with E-state index in [0.29, 0.717) is 0 Å². The zero-order valence-electron chi connectivity index (χ0n) is 22.4. The largest absolute Gasteiger partial charge is 1.00 e. The molecule has 0 atom stereocenters. The van der Waals surface area contributed by atoms with Crippen LogP contribution in [0.15, 0.2) is 109 Å². The zero-order valence-corrected chi connectivity index (χ0v) is 27.3. The second-order valence-corrected chi connectivity index (χ2v) is 16.7. The predicted molar refractivity (Wildman–Crippen MR) is 153 cm³/mol. The standard InChI is InChI=1S/C14H15.C13H9.C7H8Si.2ClH.Zr/c1-10-8-11(2)14(12(3)9-10)13-6-4-5-7-13;1-3-7-12-10(5-1)9-11-6-2-4-8-13(11)12;1-8-7-5-3-2-4-6-7;;;/h4-9H,1-3H3;1-5,7-8H,9H2;2-6H,1H3;2*1H;/q2*-1;;;;+2/p-2. The molecule has 0 amide bonds. The van der Waals surface area contributed by atoms with E-state index in [0.717, 1.165) is 6.42 Å². The summed E-state index contributed by atoms with van der Waals surface area (Å²) in [6.45, 7) is 8.86. The smallest absolute Gasteiger partial charge is 0.0253 e. The summed E-state index contributed by atoms with van der Waals surface area (Å²) in [5, 5.41) is 1.56. The summed E-state index contributed by atoms with van der Waals surface area (Å²) in [6.07, 6.45) is 1.05. The monoisotopic (exact) mass is 628 g/mol. The third-order valence-electron chi connectivity index (χ3n) is 6.45. The van der Waals surface area contributed by atoms with E-state index in [-0.39, 0.29) is 30.2 Å². The van der Waals surface area contributed by atoms with Crippen molar-refractivity contribution in [2.24, 2.45) is 0 Å². The molecule has 0 fully saturated rings. The third kappa shape index (κ3) is 8.20. The molecule has 0 nitrogen and oxygen atoms in total. The molecule has 1 aliphatic rings. The summed E-state index contributed by atoms with van der Waals surface area (Å²) in [6, 6.07) is 41.9. The summed E-state index contributed by atoms with van der Waals surface area (Å²) in [5.41, 5.74) is 12.2. The van der Waals surface area contributed by atoms with E-state index >= 15 is 0 Å². The van der Waals surface area contributed by atoms with Gasteiger partial charge in [0.15, 0.2) is 0 Å². The molecule has 192 valence electrons. The van der Waals surface area contributed by atoms with Crippen LogP contribution < -0.4 is 30.0 Å². The Balaban J connectivity index is 0.000000200. The molecule has 0 aliphatic heterocycles. The van der Waals surface area contributed by atoms with Crippen molar-refractivity contribution in [3.8, 4) is 22.3 Å². The molecule has 0 saturated heterocycles. The number of hydrogen-bond acceptors (Lipinski definition) is 0. The van der Waals surface area contributed by atoms with E-state index in [2.05, 4.69) is 137 Å². The molecule has 4 heteroatoms. The molecule has 0 aromatic heterocycles. The van der Waals surface area contributed by atoms with Crippen LogP contribution >= 0.6 is 0 Å². The zero-order chi connectivity index (χ0) is 25.5. The van der Waals surface area contributed by atoms with Crippen molar-refractivity contribution in [1.29, 1.82) is 0 Å². The second kappa shape index (κ2) is 15.5. The third-order valence-corrected chi connectivity index (χ3v) is 9.78. The Hall–Kier alpha value is -2.09. The summed E-state index contributed by atoms with van der Waals surface area (Å²) < 4.78 is 0. The van der Waals surface area contributed by atoms with Crippen molar-refractivity contribution in [2.75, 3.05) is 0 Å². The Bertz CT molecular complexity index is 1390. The first-order valence-corrected chi connectivity index (χ1v) is 18.1. The minimum Gasteiger partial charge on any atom is -1.00 e. The fourth-order valence-corrected chi connectivity index (χ4v) is 6.78. The average Bonchev–Trinajstić information content (AvgIpc) is 3.53. The van der Waals surface area contributed by atoms with Crippen LogP contribution in [-0.2, 0) is 29.8 Å². The van der Waals surface area contributed by atoms with Gasteiger partial charge in [0.05, 0.1) is 0 Å². The fraction of sp³-hybridized carbons (Fsp3) is 0.147. The maximum absolute atomic E-state index is 3.30. The molecule has 0 bridgehead atoms. The van der Waals surface area contributed by atoms with E-state index in [1.54, 1.807) is 28.5 Å². The Kier molecular flexibility index (Phi) is 13.1. The van der Waals surface area contributed by atoms with E-state index < -0.39 is 0 Å². The van der Waals surface area contributed by atoms with E-state index in [9.17, 15) is 0 Å². The van der Waals surface area contributed by atoms with Gasteiger partial charge in [-0.15, -0.1) is 5.56 Å². The van der Waals surface area contributed by atoms with Gasteiger partial charge in [-0.1, -0.05) is 69.8 Å². The Labute approximate surface area is 256 Å². The van der Waals surface area contributed by atoms with Gasteiger partial charge < -0.3 is 24.8 Å². The van der Waals surface area contributed by atoms with Gasteiger partial charge in [-0.05, 0) is 27.2 Å². The molecular weight excluding hydrogens is 599 g/mol. The van der Waals surface area contributed by atoms with Crippen LogP contribution in [0.4, 0.5) is 0 Å². The van der Waals surface area contributed by atoms with Gasteiger partial charge in [-0.2, -0.15) is 53.6 Å². The molecule has 1 aliphatic carbocycles. The van der Waals surface area contributed by atoms with Crippen LogP contribution in [0.5, 0.6) is 0 Å². The summed E-state index contributed by atoms with van der Waals surface area (Å²) >= 11 is 1.69. The van der Waals surface area contributed by atoms with E-state index in [1.165, 1.54) is 50.1 Å². The molecule has 6 rings (SSSR count). The molecule has 0 heterocycles. The van der Waals surface area contributed by atoms with Crippen molar-refractivity contribution in [2.45, 2.75) is 33.7 Å². The summed E-state index contributed by atoms with van der Waals surface area (Å²) in [5.74, 6) is 0. The van der Waals surface area contributed by atoms with Gasteiger partial charge in [-0.25, -0.2) is 6.07 Å². The van der Waals surface area contributed by atoms with Gasteiger partial charge in [0.25, 0.3) is 0 Å². The molecular formula is C34H32Cl2SiZr-2. The maximum atomic E-state index is 3.30. The molecule has 5 aromatic carbocycles. The van der Waals surface area contributed by atoms with Gasteiger partial charge in [0, 0.05) is 0 Å². The topological polar surface area (TPSA) is 0 Å². The van der Waals surface area contributed by atoms with E-state index in [4.69, 9.17) is 0 Å². The number of fused-ring (bicyclic) bond motifs is 3. The van der Waals surface area contributed by atoms with Gasteiger partial charge in [0.1, 0.15) is 0 Å². The van der Waals surface area contributed by atoms with Crippen molar-refractivity contribution >= 4 is 10.6 Å². The molecule has 0 spiro atoms. The normalized spacial score (nSPS) is 10.3. The molecule has 0 radical (unpaired) electrons. The fourth-order valence-electron chi connectivity index (χ4n) is 4.86. The first-order valence-electron chi connectivity index (χ1n) is 12.4. The number of benzene rings is 4. The summed E-state index contributed by atoms with van der Waals surface area (Å²) in [4.78, 5) is 0. The molecule has 0 saturated carbocycles. The average molecular weight is 631 g/mol. The van der Waals surface area contributed by atoms with Crippen LogP contribution in [0.25, 0.3) is 22.3 Å². The van der Waals surface area contributed by atoms with Crippen LogP contribution in [0.3, 0.4) is 0 Å². The van der Waals surface area contributed by atoms with Gasteiger partial charge in [-0.3, -0.25) is 0 Å². The number of aryl methyl sites for hydroxylation is 3. The Morgan fingerprint density at radius 1 is 0.789 bits per heavy atom. The van der Waals surface area contributed by atoms with Crippen molar-refractivity contribution in [3.63, 3.8) is 0 Å². The van der Waals surface area contributed by atoms with Crippen LogP contribution in [0.2, 0.25) is 6.55 Å². The van der Waals surface area contributed by atoms with Crippen molar-refractivity contribution < 1.29 is 48.1 Å². The first kappa shape index (κ1) is 32.1. The number of hydrogen-bond donors (Lipinski definition) is 0. The SMILES string of the molecule is C[Si](=[Zr+2])c1ccccc1.Cc1cc(C)c(-c2cc[cH-]c2)c(C)c1.[Cl-].[Cl-].[c-]1cccc2c1Cc1ccccc1-2. The van der Waals surface area contributed by atoms with Crippen LogP contribution in [-0.4, -0.2) is 5.43 Å². The maximum Gasteiger partial charge on any atom is -0.0253 e. The van der Waals surface area contributed by atoms with Crippen LogP contribution in [0, 0.1) is 26.8 Å². The van der Waals surface area contributed by atoms with Crippen molar-refractivity contribution in [3.05, 3.63) is 143 Å². The number of halogens is 2. The Morgan fingerprint density at radius 3 is 2.03 bits per heavy atom. The van der Waals surface area contributed by atoms with Gasteiger partial charge in [0.2, 0.25) is 0 Å². The molecule has 0 N–H and O–H groups in total. The quantitative estimate of drug-likeness (QED) is 0.203. The minimum atomic E-state index is -0.122. The minimum absolute atomic E-state index is 0. The van der Waals surface area contributed by atoms with Crippen molar-refractivity contribution in [1.82, 2.24) is 0 Å². The molecule has 5 aromatic rings. The molecule has 0 unspecified atom stereocenters. The van der Waals surface area contributed by atoms with Crippen LogP contribution in [0.1, 0.15) is 27.8 Å². The van der Waals surface area contributed by atoms with E-state index in [1.807, 2.05) is 6.07 Å².